The molecular formula is C9H17NO. The van der Waals surface area contributed by atoms with Crippen molar-refractivity contribution in [3.05, 3.63) is 0 Å². The van der Waals surface area contributed by atoms with Crippen LogP contribution < -0.4 is 5.73 Å². The molecule has 0 amide bonds. The minimum absolute atomic E-state index is 0.105. The van der Waals surface area contributed by atoms with Gasteiger partial charge in [0.15, 0.2) is 0 Å². The van der Waals surface area contributed by atoms with Gasteiger partial charge in [-0.2, -0.15) is 0 Å². The Labute approximate surface area is 67.8 Å². The fourth-order valence-electron chi connectivity index (χ4n) is 2.56. The topological polar surface area (TPSA) is 46.2 Å². The summed E-state index contributed by atoms with van der Waals surface area (Å²) in [7, 11) is 0. The average molecular weight is 155 g/mol. The quantitative estimate of drug-likeness (QED) is 0.631. The van der Waals surface area contributed by atoms with Crippen LogP contribution >= 0.6 is 0 Å². The molecule has 0 aliphatic heterocycles. The molecule has 0 radical (unpaired) electrons. The standard InChI is InChI=1S/C9H17NO/c1-8(7-2-3-7)4-9(8,5-10)6-11/h7,11H,2-6,10H2,1H3. The summed E-state index contributed by atoms with van der Waals surface area (Å²) in [5.41, 5.74) is 6.17. The maximum atomic E-state index is 9.19. The molecule has 2 atom stereocenters. The van der Waals surface area contributed by atoms with Gasteiger partial charge in [-0.1, -0.05) is 6.92 Å². The number of nitrogens with two attached hydrogens (primary N) is 1. The zero-order valence-electron chi connectivity index (χ0n) is 7.14. The van der Waals surface area contributed by atoms with Crippen molar-refractivity contribution in [1.82, 2.24) is 0 Å². The molecule has 0 saturated heterocycles. The van der Waals surface area contributed by atoms with Crippen molar-refractivity contribution in [3.8, 4) is 0 Å². The van der Waals surface area contributed by atoms with Gasteiger partial charge in [-0.05, 0) is 30.6 Å². The number of hydrogen-bond acceptors (Lipinski definition) is 2. The summed E-state index contributed by atoms with van der Waals surface area (Å²) in [6.45, 7) is 3.24. The van der Waals surface area contributed by atoms with E-state index in [-0.39, 0.29) is 12.0 Å². The maximum Gasteiger partial charge on any atom is 0.0505 e. The summed E-state index contributed by atoms with van der Waals surface area (Å²) in [4.78, 5) is 0. The van der Waals surface area contributed by atoms with E-state index < -0.39 is 0 Å². The molecule has 2 unspecified atom stereocenters. The number of rotatable bonds is 3. The fraction of sp³-hybridized carbons (Fsp3) is 1.00. The minimum Gasteiger partial charge on any atom is -0.396 e. The summed E-state index contributed by atoms with van der Waals surface area (Å²) in [5.74, 6) is 0.873. The van der Waals surface area contributed by atoms with Crippen LogP contribution in [0.4, 0.5) is 0 Å². The molecule has 2 aliphatic rings. The van der Waals surface area contributed by atoms with Gasteiger partial charge in [0, 0.05) is 12.0 Å². The first kappa shape index (κ1) is 7.56. The summed E-state index contributed by atoms with van der Waals surface area (Å²) < 4.78 is 0. The van der Waals surface area contributed by atoms with Crippen LogP contribution in [-0.2, 0) is 0 Å². The highest BCUT2D eigenvalue weighted by molar-refractivity contribution is 5.17. The van der Waals surface area contributed by atoms with E-state index in [2.05, 4.69) is 6.92 Å². The second kappa shape index (κ2) is 1.99. The predicted molar refractivity (Wildman–Crippen MR) is 44.0 cm³/mol. The van der Waals surface area contributed by atoms with Crippen molar-refractivity contribution in [2.24, 2.45) is 22.5 Å². The Morgan fingerprint density at radius 3 is 2.45 bits per heavy atom. The van der Waals surface area contributed by atoms with E-state index in [1.54, 1.807) is 0 Å². The average Bonchev–Trinajstić information content (AvgIpc) is 2.80. The molecule has 64 valence electrons. The SMILES string of the molecule is CC1(C2CC2)CC1(CN)CO. The third kappa shape index (κ3) is 0.798. The Kier molecular flexibility index (Phi) is 1.37. The second-order valence-electron chi connectivity index (χ2n) is 4.51. The van der Waals surface area contributed by atoms with E-state index in [1.807, 2.05) is 0 Å². The molecule has 2 nitrogen and oxygen atoms in total. The number of hydrogen-bond donors (Lipinski definition) is 2. The summed E-state index contributed by atoms with van der Waals surface area (Å²) in [5, 5.41) is 9.19. The van der Waals surface area contributed by atoms with Gasteiger partial charge in [0.1, 0.15) is 0 Å². The summed E-state index contributed by atoms with van der Waals surface area (Å²) >= 11 is 0. The van der Waals surface area contributed by atoms with E-state index in [0.29, 0.717) is 12.0 Å². The van der Waals surface area contributed by atoms with Crippen molar-refractivity contribution < 1.29 is 5.11 Å². The molecule has 0 heterocycles. The van der Waals surface area contributed by atoms with Gasteiger partial charge in [0.2, 0.25) is 0 Å². The van der Waals surface area contributed by atoms with E-state index in [4.69, 9.17) is 5.73 Å². The minimum atomic E-state index is 0.105. The third-order valence-corrected chi connectivity index (χ3v) is 3.96. The van der Waals surface area contributed by atoms with Crippen LogP contribution in [0.25, 0.3) is 0 Å². The van der Waals surface area contributed by atoms with Gasteiger partial charge >= 0.3 is 0 Å². The third-order valence-electron chi connectivity index (χ3n) is 3.96. The van der Waals surface area contributed by atoms with Crippen LogP contribution in [-0.4, -0.2) is 18.3 Å². The van der Waals surface area contributed by atoms with Crippen LogP contribution in [0.3, 0.4) is 0 Å². The fourth-order valence-corrected chi connectivity index (χ4v) is 2.56. The lowest BCUT2D eigenvalue weighted by atomic mass is 9.90. The Balaban J connectivity index is 2.08. The van der Waals surface area contributed by atoms with Crippen molar-refractivity contribution in [3.63, 3.8) is 0 Å². The largest absolute Gasteiger partial charge is 0.396 e. The van der Waals surface area contributed by atoms with Gasteiger partial charge in [-0.3, -0.25) is 0 Å². The molecule has 2 saturated carbocycles. The van der Waals surface area contributed by atoms with E-state index >= 15 is 0 Å². The summed E-state index contributed by atoms with van der Waals surface area (Å²) in [6, 6.07) is 0. The second-order valence-corrected chi connectivity index (χ2v) is 4.51. The maximum absolute atomic E-state index is 9.19. The zero-order chi connectivity index (χ0) is 8.11. The van der Waals surface area contributed by atoms with Crippen molar-refractivity contribution in [2.75, 3.05) is 13.2 Å². The molecular weight excluding hydrogens is 138 g/mol. The van der Waals surface area contributed by atoms with Gasteiger partial charge in [0.25, 0.3) is 0 Å². The predicted octanol–water partition coefficient (Wildman–Crippen LogP) is 0.744. The highest BCUT2D eigenvalue weighted by Crippen LogP contribution is 2.72. The lowest BCUT2D eigenvalue weighted by molar-refractivity contribution is 0.172. The Morgan fingerprint density at radius 1 is 1.55 bits per heavy atom. The molecule has 2 heteroatoms. The first-order chi connectivity index (χ1) is 5.18. The molecule has 0 aromatic heterocycles. The van der Waals surface area contributed by atoms with Crippen LogP contribution in [0.1, 0.15) is 26.2 Å². The molecule has 0 aromatic carbocycles. The molecule has 0 aromatic rings. The lowest BCUT2D eigenvalue weighted by Crippen LogP contribution is -2.26. The highest BCUT2D eigenvalue weighted by Gasteiger charge is 2.68. The molecule has 2 rings (SSSR count). The van der Waals surface area contributed by atoms with Gasteiger partial charge < -0.3 is 10.8 Å². The Bertz CT molecular complexity index is 170. The van der Waals surface area contributed by atoms with E-state index in [9.17, 15) is 5.11 Å². The van der Waals surface area contributed by atoms with Crippen molar-refractivity contribution in [1.29, 1.82) is 0 Å². The Morgan fingerprint density at radius 2 is 2.18 bits per heavy atom. The van der Waals surface area contributed by atoms with Gasteiger partial charge in [0.05, 0.1) is 6.61 Å². The van der Waals surface area contributed by atoms with Gasteiger partial charge in [-0.25, -0.2) is 0 Å². The first-order valence-electron chi connectivity index (χ1n) is 4.49. The molecule has 3 N–H and O–H groups in total. The molecule has 2 aliphatic carbocycles. The lowest BCUT2D eigenvalue weighted by Gasteiger charge is -2.18. The van der Waals surface area contributed by atoms with Crippen molar-refractivity contribution in [2.45, 2.75) is 26.2 Å². The van der Waals surface area contributed by atoms with Crippen LogP contribution in [0.5, 0.6) is 0 Å². The monoisotopic (exact) mass is 155 g/mol. The molecule has 2 fully saturated rings. The summed E-state index contributed by atoms with van der Waals surface area (Å²) in [6.07, 6.45) is 3.87. The van der Waals surface area contributed by atoms with Crippen LogP contribution in [0, 0.1) is 16.7 Å². The smallest absolute Gasteiger partial charge is 0.0505 e. The number of aliphatic hydroxyl groups excluding tert-OH is 1. The Hall–Kier alpha value is -0.0800. The van der Waals surface area contributed by atoms with E-state index in [1.165, 1.54) is 12.8 Å². The molecule has 11 heavy (non-hydrogen) atoms. The highest BCUT2D eigenvalue weighted by atomic mass is 16.3. The first-order valence-corrected chi connectivity index (χ1v) is 4.49. The molecule has 0 bridgehead atoms. The molecule has 0 spiro atoms. The van der Waals surface area contributed by atoms with Crippen LogP contribution in [0.15, 0.2) is 0 Å². The van der Waals surface area contributed by atoms with Crippen molar-refractivity contribution >= 4 is 0 Å². The zero-order valence-corrected chi connectivity index (χ0v) is 7.14. The normalized spacial score (nSPS) is 49.4. The van der Waals surface area contributed by atoms with Gasteiger partial charge in [-0.15, -0.1) is 0 Å². The van der Waals surface area contributed by atoms with E-state index in [0.717, 1.165) is 12.3 Å². The number of aliphatic hydroxyl groups is 1. The van der Waals surface area contributed by atoms with Crippen LogP contribution in [0.2, 0.25) is 0 Å².